The van der Waals surface area contributed by atoms with Gasteiger partial charge in [-0.25, -0.2) is 0 Å². The molecule has 0 unspecified atom stereocenters. The molecule has 5 nitrogen and oxygen atoms in total. The maximum absolute atomic E-state index is 12.7. The molecule has 0 saturated carbocycles. The van der Waals surface area contributed by atoms with E-state index >= 15 is 0 Å². The molecule has 1 rings (SSSR count). The highest BCUT2D eigenvalue weighted by Crippen LogP contribution is 2.31. The average Bonchev–Trinajstić information content (AvgIpc) is 2.45. The summed E-state index contributed by atoms with van der Waals surface area (Å²) in [6.45, 7) is 12.0. The zero-order valence-corrected chi connectivity index (χ0v) is 16.2. The van der Waals surface area contributed by atoms with Gasteiger partial charge < -0.3 is 4.90 Å². The Morgan fingerprint density at radius 2 is 1.75 bits per heavy atom. The second-order valence-electron chi connectivity index (χ2n) is 6.87. The topological polar surface area (TPSA) is 63.5 Å². The maximum atomic E-state index is 12.7. The highest BCUT2D eigenvalue weighted by atomic mass is 32.2. The monoisotopic (exact) mass is 352 g/mol. The van der Waals surface area contributed by atoms with Gasteiger partial charge in [0.15, 0.2) is 0 Å². The number of benzene rings is 1. The van der Waals surface area contributed by atoms with E-state index < -0.39 is 4.92 Å². The first-order valence-electron chi connectivity index (χ1n) is 8.39. The van der Waals surface area contributed by atoms with Crippen molar-refractivity contribution in [2.24, 2.45) is 5.92 Å². The summed E-state index contributed by atoms with van der Waals surface area (Å²) in [5, 5.41) is 11.4. The molecule has 0 saturated heterocycles. The lowest BCUT2D eigenvalue weighted by Crippen LogP contribution is -2.42. The first-order chi connectivity index (χ1) is 11.1. The van der Waals surface area contributed by atoms with Crippen LogP contribution in [0.15, 0.2) is 23.1 Å². The van der Waals surface area contributed by atoms with Gasteiger partial charge in [0.2, 0.25) is 0 Å². The third kappa shape index (κ3) is 5.51. The number of carbonyl (C=O) groups is 1. The van der Waals surface area contributed by atoms with Crippen LogP contribution in [0.2, 0.25) is 0 Å². The van der Waals surface area contributed by atoms with Crippen molar-refractivity contribution < 1.29 is 9.72 Å². The molecule has 0 N–H and O–H groups in total. The van der Waals surface area contributed by atoms with Crippen molar-refractivity contribution in [3.63, 3.8) is 0 Å². The van der Waals surface area contributed by atoms with Gasteiger partial charge in [-0.3, -0.25) is 14.9 Å². The fourth-order valence-corrected chi connectivity index (χ4v) is 3.79. The molecular weight excluding hydrogens is 324 g/mol. The number of hydrogen-bond donors (Lipinski definition) is 0. The van der Waals surface area contributed by atoms with Gasteiger partial charge in [-0.2, -0.15) is 0 Å². The quantitative estimate of drug-likeness (QED) is 0.375. The van der Waals surface area contributed by atoms with Crippen molar-refractivity contribution >= 4 is 23.4 Å². The minimum Gasteiger partial charge on any atom is -0.334 e. The van der Waals surface area contributed by atoms with Crippen LogP contribution in [-0.4, -0.2) is 33.6 Å². The zero-order chi connectivity index (χ0) is 18.4. The lowest BCUT2D eigenvalue weighted by Gasteiger charge is -2.30. The molecule has 0 bridgehead atoms. The highest BCUT2D eigenvalue weighted by Gasteiger charge is 2.24. The second kappa shape index (κ2) is 9.06. The fourth-order valence-electron chi connectivity index (χ4n) is 2.53. The average molecular weight is 353 g/mol. The summed E-state index contributed by atoms with van der Waals surface area (Å²) < 4.78 is 0. The van der Waals surface area contributed by atoms with Crippen LogP contribution in [0.4, 0.5) is 5.69 Å². The Morgan fingerprint density at radius 1 is 1.17 bits per heavy atom. The standard InChI is InChI=1S/C18H28N2O3S/c1-12(2)9-10-24-17-8-7-15(11-16(17)20(22)23)18(21)19(13(3)4)14(5)6/h7-8,11-14H,9-10H2,1-6H3. The molecule has 0 aromatic heterocycles. The lowest BCUT2D eigenvalue weighted by atomic mass is 10.1. The van der Waals surface area contributed by atoms with Gasteiger partial charge >= 0.3 is 0 Å². The normalized spacial score (nSPS) is 11.4. The van der Waals surface area contributed by atoms with Crippen LogP contribution in [-0.2, 0) is 0 Å². The summed E-state index contributed by atoms with van der Waals surface area (Å²) in [5.41, 5.74) is 0.388. The van der Waals surface area contributed by atoms with Crippen LogP contribution in [0.3, 0.4) is 0 Å². The first kappa shape index (κ1) is 20.5. The van der Waals surface area contributed by atoms with E-state index in [1.807, 2.05) is 27.7 Å². The van der Waals surface area contributed by atoms with Crippen LogP contribution < -0.4 is 0 Å². The fraction of sp³-hybridized carbons (Fsp3) is 0.611. The minimum atomic E-state index is -0.399. The Balaban J connectivity index is 3.08. The second-order valence-corrected chi connectivity index (χ2v) is 8.01. The number of rotatable bonds is 8. The Morgan fingerprint density at radius 3 is 2.21 bits per heavy atom. The first-order valence-corrected chi connectivity index (χ1v) is 9.37. The lowest BCUT2D eigenvalue weighted by molar-refractivity contribution is -0.387. The SMILES string of the molecule is CC(C)CCSc1ccc(C(=O)N(C(C)C)C(C)C)cc1[N+](=O)[O-]. The van der Waals surface area contributed by atoms with Crippen molar-refractivity contribution in [1.29, 1.82) is 0 Å². The molecular formula is C18H28N2O3S. The largest absolute Gasteiger partial charge is 0.334 e. The van der Waals surface area contributed by atoms with Crippen molar-refractivity contribution in [2.45, 2.75) is 64.9 Å². The predicted octanol–water partition coefficient (Wildman–Crippen LogP) is 4.99. The van der Waals surface area contributed by atoms with Crippen LogP contribution in [0.1, 0.15) is 58.3 Å². The molecule has 0 fully saturated rings. The van der Waals surface area contributed by atoms with Gasteiger partial charge in [0.25, 0.3) is 11.6 Å². The number of nitrogens with zero attached hydrogens (tertiary/aromatic N) is 2. The van der Waals surface area contributed by atoms with Gasteiger partial charge in [0, 0.05) is 23.7 Å². The summed E-state index contributed by atoms with van der Waals surface area (Å²) in [6.07, 6.45) is 0.997. The number of nitro benzene ring substituents is 1. The summed E-state index contributed by atoms with van der Waals surface area (Å²) >= 11 is 1.48. The van der Waals surface area contributed by atoms with E-state index in [4.69, 9.17) is 0 Å². The van der Waals surface area contributed by atoms with E-state index in [2.05, 4.69) is 13.8 Å². The van der Waals surface area contributed by atoms with Gasteiger partial charge in [-0.15, -0.1) is 11.8 Å². The van der Waals surface area contributed by atoms with E-state index in [-0.39, 0.29) is 23.7 Å². The van der Waals surface area contributed by atoms with Crippen LogP contribution >= 0.6 is 11.8 Å². The van der Waals surface area contributed by atoms with Crippen molar-refractivity contribution in [3.05, 3.63) is 33.9 Å². The van der Waals surface area contributed by atoms with Gasteiger partial charge in [-0.1, -0.05) is 13.8 Å². The Hall–Kier alpha value is -1.56. The van der Waals surface area contributed by atoms with E-state index in [1.165, 1.54) is 17.8 Å². The molecule has 0 aliphatic rings. The predicted molar refractivity (Wildman–Crippen MR) is 99.7 cm³/mol. The molecule has 24 heavy (non-hydrogen) atoms. The third-order valence-corrected chi connectivity index (χ3v) is 4.80. The molecule has 1 aromatic rings. The van der Waals surface area contributed by atoms with Gasteiger partial charge in [-0.05, 0) is 57.9 Å². The van der Waals surface area contributed by atoms with Crippen molar-refractivity contribution in [1.82, 2.24) is 4.90 Å². The highest BCUT2D eigenvalue weighted by molar-refractivity contribution is 7.99. The third-order valence-electron chi connectivity index (χ3n) is 3.70. The van der Waals surface area contributed by atoms with Gasteiger partial charge in [0.05, 0.1) is 9.82 Å². The van der Waals surface area contributed by atoms with Gasteiger partial charge in [0.1, 0.15) is 0 Å². The minimum absolute atomic E-state index is 0.0158. The van der Waals surface area contributed by atoms with Crippen LogP contribution in [0.5, 0.6) is 0 Å². The van der Waals surface area contributed by atoms with E-state index in [0.29, 0.717) is 16.4 Å². The summed E-state index contributed by atoms with van der Waals surface area (Å²) in [4.78, 5) is 26.1. The number of amides is 1. The molecule has 0 radical (unpaired) electrons. The maximum Gasteiger partial charge on any atom is 0.283 e. The number of nitro groups is 1. The van der Waals surface area contributed by atoms with E-state index in [9.17, 15) is 14.9 Å². The molecule has 1 amide bonds. The van der Waals surface area contributed by atoms with E-state index in [1.54, 1.807) is 17.0 Å². The number of thioether (sulfide) groups is 1. The Labute approximate surface area is 149 Å². The summed E-state index contributed by atoms with van der Waals surface area (Å²) in [7, 11) is 0. The molecule has 1 aromatic carbocycles. The molecule has 134 valence electrons. The Bertz CT molecular complexity index is 578. The number of carbonyl (C=O) groups excluding carboxylic acids is 1. The van der Waals surface area contributed by atoms with Crippen LogP contribution in [0.25, 0.3) is 0 Å². The molecule has 0 heterocycles. The number of hydrogen-bond acceptors (Lipinski definition) is 4. The van der Waals surface area contributed by atoms with Crippen LogP contribution in [0, 0.1) is 16.0 Å². The van der Waals surface area contributed by atoms with Crippen molar-refractivity contribution in [3.8, 4) is 0 Å². The van der Waals surface area contributed by atoms with E-state index in [0.717, 1.165) is 12.2 Å². The molecule has 0 aliphatic heterocycles. The summed E-state index contributed by atoms with van der Waals surface area (Å²) in [6, 6.07) is 4.89. The molecule has 0 atom stereocenters. The molecule has 6 heteroatoms. The smallest absolute Gasteiger partial charge is 0.283 e. The Kier molecular flexibility index (Phi) is 7.73. The summed E-state index contributed by atoms with van der Waals surface area (Å²) in [5.74, 6) is 1.22. The zero-order valence-electron chi connectivity index (χ0n) is 15.4. The van der Waals surface area contributed by atoms with Crippen molar-refractivity contribution in [2.75, 3.05) is 5.75 Å². The molecule has 0 spiro atoms. The molecule has 0 aliphatic carbocycles.